The van der Waals surface area contributed by atoms with Gasteiger partial charge in [-0.1, -0.05) is 5.16 Å². The molecule has 0 radical (unpaired) electrons. The number of nitrogens with zero attached hydrogens (tertiary/aromatic N) is 2. The Hall–Kier alpha value is -2.17. The van der Waals surface area contributed by atoms with E-state index in [0.717, 1.165) is 5.56 Å². The van der Waals surface area contributed by atoms with E-state index in [0.29, 0.717) is 5.56 Å². The van der Waals surface area contributed by atoms with E-state index in [-0.39, 0.29) is 11.3 Å². The van der Waals surface area contributed by atoms with Crippen molar-refractivity contribution in [2.45, 2.75) is 6.92 Å². The van der Waals surface area contributed by atoms with Gasteiger partial charge in [0.2, 0.25) is 0 Å². The molecular formula is C10H8N2O3. The van der Waals surface area contributed by atoms with Gasteiger partial charge < -0.3 is 9.63 Å². The van der Waals surface area contributed by atoms with Crippen molar-refractivity contribution >= 4 is 5.97 Å². The first kappa shape index (κ1) is 9.39. The third-order valence-electron chi connectivity index (χ3n) is 1.94. The van der Waals surface area contributed by atoms with Crippen LogP contribution < -0.4 is 0 Å². The summed E-state index contributed by atoms with van der Waals surface area (Å²) in [5.41, 5.74) is 1.59. The van der Waals surface area contributed by atoms with Crippen LogP contribution in [-0.4, -0.2) is 21.2 Å². The van der Waals surface area contributed by atoms with Crippen molar-refractivity contribution in [1.82, 2.24) is 10.1 Å². The van der Waals surface area contributed by atoms with E-state index in [4.69, 9.17) is 9.63 Å². The van der Waals surface area contributed by atoms with Gasteiger partial charge in [0.25, 0.3) is 0 Å². The van der Waals surface area contributed by atoms with Crippen molar-refractivity contribution in [3.63, 3.8) is 0 Å². The lowest BCUT2D eigenvalue weighted by molar-refractivity contribution is 0.0697. The van der Waals surface area contributed by atoms with Crippen molar-refractivity contribution in [3.05, 3.63) is 35.8 Å². The molecule has 2 heterocycles. The fourth-order valence-electron chi connectivity index (χ4n) is 1.28. The zero-order valence-corrected chi connectivity index (χ0v) is 7.97. The summed E-state index contributed by atoms with van der Waals surface area (Å²) in [6.07, 6.45) is 4.40. The van der Waals surface area contributed by atoms with Crippen LogP contribution in [0.5, 0.6) is 0 Å². The zero-order valence-electron chi connectivity index (χ0n) is 7.97. The molecule has 0 aliphatic heterocycles. The van der Waals surface area contributed by atoms with Crippen molar-refractivity contribution in [2.75, 3.05) is 0 Å². The molecule has 5 heteroatoms. The molecule has 0 spiro atoms. The number of aryl methyl sites for hydroxylation is 1. The molecular weight excluding hydrogens is 196 g/mol. The van der Waals surface area contributed by atoms with Gasteiger partial charge in [-0.2, -0.15) is 0 Å². The Labute approximate surface area is 85.4 Å². The monoisotopic (exact) mass is 204 g/mol. The molecule has 15 heavy (non-hydrogen) atoms. The molecule has 76 valence electrons. The van der Waals surface area contributed by atoms with Gasteiger partial charge >= 0.3 is 5.97 Å². The average Bonchev–Trinajstić information content (AvgIpc) is 2.65. The van der Waals surface area contributed by atoms with Gasteiger partial charge in [-0.05, 0) is 18.6 Å². The molecule has 1 N–H and O–H groups in total. The van der Waals surface area contributed by atoms with Crippen LogP contribution in [0, 0.1) is 6.92 Å². The highest BCUT2D eigenvalue weighted by atomic mass is 16.5. The predicted octanol–water partition coefficient (Wildman–Crippen LogP) is 1.74. The van der Waals surface area contributed by atoms with E-state index in [9.17, 15) is 4.79 Å². The van der Waals surface area contributed by atoms with Crippen molar-refractivity contribution in [2.24, 2.45) is 0 Å². The number of pyridine rings is 1. The van der Waals surface area contributed by atoms with Crippen LogP contribution in [0.2, 0.25) is 0 Å². The number of aromatic carboxylic acids is 1. The second-order valence-corrected chi connectivity index (χ2v) is 3.12. The lowest BCUT2D eigenvalue weighted by Crippen LogP contribution is -1.96. The third kappa shape index (κ3) is 1.71. The van der Waals surface area contributed by atoms with Crippen molar-refractivity contribution in [3.8, 4) is 11.3 Å². The molecule has 0 amide bonds. The zero-order chi connectivity index (χ0) is 10.8. The van der Waals surface area contributed by atoms with E-state index in [1.165, 1.54) is 6.20 Å². The molecule has 0 fully saturated rings. The summed E-state index contributed by atoms with van der Waals surface area (Å²) in [7, 11) is 0. The molecule has 0 unspecified atom stereocenters. The molecule has 0 aliphatic rings. The number of carbonyl (C=O) groups is 1. The Morgan fingerprint density at radius 3 is 2.87 bits per heavy atom. The molecule has 0 atom stereocenters. The summed E-state index contributed by atoms with van der Waals surface area (Å²) in [5.74, 6) is -0.827. The molecule has 0 saturated carbocycles. The molecule has 2 aromatic heterocycles. The van der Waals surface area contributed by atoms with E-state index < -0.39 is 5.97 Å². The minimum atomic E-state index is -1.06. The molecule has 5 nitrogen and oxygen atoms in total. The van der Waals surface area contributed by atoms with Gasteiger partial charge in [0, 0.05) is 18.0 Å². The van der Waals surface area contributed by atoms with Gasteiger partial charge in [0.1, 0.15) is 5.56 Å². The Morgan fingerprint density at radius 1 is 1.40 bits per heavy atom. The first-order valence-electron chi connectivity index (χ1n) is 4.28. The third-order valence-corrected chi connectivity index (χ3v) is 1.94. The second kappa shape index (κ2) is 3.53. The highest BCUT2D eigenvalue weighted by Gasteiger charge is 2.16. The smallest absolute Gasteiger partial charge is 0.341 e. The normalized spacial score (nSPS) is 10.2. The number of carboxylic acids is 1. The van der Waals surface area contributed by atoms with Gasteiger partial charge in [0.15, 0.2) is 5.76 Å². The highest BCUT2D eigenvalue weighted by molar-refractivity contribution is 5.93. The fourth-order valence-corrected chi connectivity index (χ4v) is 1.28. The van der Waals surface area contributed by atoms with Gasteiger partial charge in [-0.25, -0.2) is 4.79 Å². The Bertz CT molecular complexity index is 505. The maximum Gasteiger partial charge on any atom is 0.341 e. The Morgan fingerprint density at radius 2 is 2.20 bits per heavy atom. The molecule has 0 aromatic carbocycles. The van der Waals surface area contributed by atoms with Gasteiger partial charge in [0.05, 0.1) is 6.20 Å². The lowest BCUT2D eigenvalue weighted by Gasteiger charge is -1.97. The van der Waals surface area contributed by atoms with Crippen LogP contribution in [0.4, 0.5) is 0 Å². The molecule has 2 rings (SSSR count). The van der Waals surface area contributed by atoms with Gasteiger partial charge in [-0.15, -0.1) is 0 Å². The van der Waals surface area contributed by atoms with Crippen LogP contribution in [0.15, 0.2) is 29.2 Å². The van der Waals surface area contributed by atoms with Crippen LogP contribution in [0.3, 0.4) is 0 Å². The SMILES string of the molecule is Cc1cncc(-c2oncc2C(=O)O)c1. The number of rotatable bonds is 2. The summed E-state index contributed by atoms with van der Waals surface area (Å²) in [6, 6.07) is 1.79. The van der Waals surface area contributed by atoms with Crippen LogP contribution in [0.1, 0.15) is 15.9 Å². The summed E-state index contributed by atoms with van der Waals surface area (Å²) in [6.45, 7) is 1.87. The summed E-state index contributed by atoms with van der Waals surface area (Å²) in [4.78, 5) is 14.8. The van der Waals surface area contributed by atoms with Crippen LogP contribution >= 0.6 is 0 Å². The Balaban J connectivity index is 2.54. The second-order valence-electron chi connectivity index (χ2n) is 3.12. The van der Waals surface area contributed by atoms with E-state index in [1.807, 2.05) is 6.92 Å². The molecule has 0 aliphatic carbocycles. The largest absolute Gasteiger partial charge is 0.477 e. The average molecular weight is 204 g/mol. The quantitative estimate of drug-likeness (QED) is 0.806. The van der Waals surface area contributed by atoms with Crippen molar-refractivity contribution in [1.29, 1.82) is 0 Å². The predicted molar refractivity (Wildman–Crippen MR) is 51.4 cm³/mol. The highest BCUT2D eigenvalue weighted by Crippen LogP contribution is 2.23. The van der Waals surface area contributed by atoms with E-state index >= 15 is 0 Å². The summed E-state index contributed by atoms with van der Waals surface area (Å²) in [5, 5.41) is 12.3. The first-order chi connectivity index (χ1) is 7.18. The molecule has 0 saturated heterocycles. The van der Waals surface area contributed by atoms with Crippen LogP contribution in [-0.2, 0) is 0 Å². The molecule has 0 bridgehead atoms. The van der Waals surface area contributed by atoms with Gasteiger partial charge in [-0.3, -0.25) is 4.98 Å². The maximum absolute atomic E-state index is 10.8. The number of hydrogen-bond acceptors (Lipinski definition) is 4. The number of carboxylic acid groups (broad SMARTS) is 1. The fraction of sp³-hybridized carbons (Fsp3) is 0.100. The van der Waals surface area contributed by atoms with Crippen LogP contribution in [0.25, 0.3) is 11.3 Å². The summed E-state index contributed by atoms with van der Waals surface area (Å²) < 4.78 is 4.90. The Kier molecular flexibility index (Phi) is 2.21. The van der Waals surface area contributed by atoms with E-state index in [2.05, 4.69) is 10.1 Å². The number of hydrogen-bond donors (Lipinski definition) is 1. The number of aromatic nitrogens is 2. The van der Waals surface area contributed by atoms with Crippen molar-refractivity contribution < 1.29 is 14.4 Å². The minimum Gasteiger partial charge on any atom is -0.477 e. The maximum atomic E-state index is 10.8. The first-order valence-corrected chi connectivity index (χ1v) is 4.28. The minimum absolute atomic E-state index is 0.0439. The lowest BCUT2D eigenvalue weighted by atomic mass is 10.1. The topological polar surface area (TPSA) is 76.2 Å². The molecule has 2 aromatic rings. The standard InChI is InChI=1S/C10H8N2O3/c1-6-2-7(4-11-3-6)9-8(10(13)14)5-12-15-9/h2-5H,1H3,(H,13,14). The van der Waals surface area contributed by atoms with E-state index in [1.54, 1.807) is 18.5 Å². The summed E-state index contributed by atoms with van der Waals surface area (Å²) >= 11 is 0.